The lowest BCUT2D eigenvalue weighted by atomic mass is 9.92. The van der Waals surface area contributed by atoms with Crippen molar-refractivity contribution in [2.45, 2.75) is 70.9 Å². The van der Waals surface area contributed by atoms with Crippen LogP contribution in [0.1, 0.15) is 58.8 Å². The third-order valence-electron chi connectivity index (χ3n) is 5.60. The molecule has 5 nitrogen and oxygen atoms in total. The number of urea groups is 1. The Balaban J connectivity index is 1.53. The maximum atomic E-state index is 12.1. The molecule has 0 aromatic rings. The fourth-order valence-corrected chi connectivity index (χ4v) is 3.82. The summed E-state index contributed by atoms with van der Waals surface area (Å²) in [6, 6.07) is 0.800. The van der Waals surface area contributed by atoms with Crippen molar-refractivity contribution in [1.82, 2.24) is 15.1 Å². The van der Waals surface area contributed by atoms with E-state index in [1.807, 2.05) is 11.8 Å². The van der Waals surface area contributed by atoms with Gasteiger partial charge in [-0.3, -0.25) is 0 Å². The molecule has 0 radical (unpaired) electrons. The van der Waals surface area contributed by atoms with Crippen molar-refractivity contribution >= 4 is 6.03 Å². The van der Waals surface area contributed by atoms with Crippen LogP contribution in [0.4, 0.5) is 4.79 Å². The minimum absolute atomic E-state index is 0.0698. The molecule has 2 unspecified atom stereocenters. The number of unbranched alkanes of at least 4 members (excludes halogenated alkanes) is 1. The third kappa shape index (κ3) is 5.96. The SMILES string of the molecule is CC(O)C1CCN(C(=O)NCCCCN2CCCCC2C)CC1. The zero-order chi connectivity index (χ0) is 16.7. The average Bonchev–Trinajstić information content (AvgIpc) is 2.56. The second kappa shape index (κ2) is 9.48. The Morgan fingerprint density at radius 1 is 1.17 bits per heavy atom. The van der Waals surface area contributed by atoms with Gasteiger partial charge in [-0.15, -0.1) is 0 Å². The molecule has 23 heavy (non-hydrogen) atoms. The second-order valence-corrected chi connectivity index (χ2v) is 7.38. The number of carbonyl (C=O) groups is 1. The zero-order valence-corrected chi connectivity index (χ0v) is 15.0. The maximum absolute atomic E-state index is 12.1. The molecule has 2 fully saturated rings. The average molecular weight is 325 g/mol. The number of aliphatic hydroxyl groups is 1. The van der Waals surface area contributed by atoms with Gasteiger partial charge in [-0.05, 0) is 71.4 Å². The molecule has 0 spiro atoms. The van der Waals surface area contributed by atoms with E-state index in [0.29, 0.717) is 5.92 Å². The van der Waals surface area contributed by atoms with Crippen LogP contribution in [-0.4, -0.2) is 65.8 Å². The Morgan fingerprint density at radius 3 is 2.57 bits per heavy atom. The first-order chi connectivity index (χ1) is 11.1. The molecule has 0 bridgehead atoms. The number of rotatable bonds is 6. The molecule has 134 valence electrons. The predicted octanol–water partition coefficient (Wildman–Crippen LogP) is 2.44. The minimum atomic E-state index is -0.252. The molecule has 2 aliphatic heterocycles. The zero-order valence-electron chi connectivity index (χ0n) is 15.0. The lowest BCUT2D eigenvalue weighted by molar-refractivity contribution is 0.0798. The van der Waals surface area contributed by atoms with Gasteiger partial charge in [-0.2, -0.15) is 0 Å². The number of nitrogens with one attached hydrogen (secondary N) is 1. The van der Waals surface area contributed by atoms with E-state index in [9.17, 15) is 9.90 Å². The van der Waals surface area contributed by atoms with Gasteiger partial charge < -0.3 is 20.2 Å². The Bertz CT molecular complexity index is 354. The quantitative estimate of drug-likeness (QED) is 0.738. The summed E-state index contributed by atoms with van der Waals surface area (Å²) in [7, 11) is 0. The number of carbonyl (C=O) groups excluding carboxylic acids is 1. The summed E-state index contributed by atoms with van der Waals surface area (Å²) in [6.07, 6.45) is 7.84. The predicted molar refractivity (Wildman–Crippen MR) is 93.5 cm³/mol. The smallest absolute Gasteiger partial charge is 0.317 e. The molecule has 2 N–H and O–H groups in total. The van der Waals surface area contributed by atoms with E-state index in [2.05, 4.69) is 17.1 Å². The maximum Gasteiger partial charge on any atom is 0.317 e. The van der Waals surface area contributed by atoms with Crippen molar-refractivity contribution in [2.24, 2.45) is 5.92 Å². The highest BCUT2D eigenvalue weighted by Gasteiger charge is 2.25. The molecule has 2 amide bonds. The molecule has 5 heteroatoms. The van der Waals surface area contributed by atoms with Crippen LogP contribution in [-0.2, 0) is 0 Å². The van der Waals surface area contributed by atoms with Crippen LogP contribution in [0.15, 0.2) is 0 Å². The topological polar surface area (TPSA) is 55.8 Å². The van der Waals surface area contributed by atoms with Crippen molar-refractivity contribution in [3.8, 4) is 0 Å². The van der Waals surface area contributed by atoms with Crippen LogP contribution in [0.25, 0.3) is 0 Å². The van der Waals surface area contributed by atoms with Gasteiger partial charge in [-0.25, -0.2) is 4.79 Å². The van der Waals surface area contributed by atoms with Crippen molar-refractivity contribution < 1.29 is 9.90 Å². The van der Waals surface area contributed by atoms with E-state index >= 15 is 0 Å². The molecule has 2 rings (SSSR count). The van der Waals surface area contributed by atoms with E-state index in [4.69, 9.17) is 0 Å². The van der Waals surface area contributed by atoms with Gasteiger partial charge in [0, 0.05) is 25.7 Å². The number of aliphatic hydroxyl groups excluding tert-OH is 1. The summed E-state index contributed by atoms with van der Waals surface area (Å²) in [5.41, 5.74) is 0. The number of piperidine rings is 2. The summed E-state index contributed by atoms with van der Waals surface area (Å²) < 4.78 is 0. The van der Waals surface area contributed by atoms with Gasteiger partial charge in [0.25, 0.3) is 0 Å². The first kappa shape index (κ1) is 18.5. The highest BCUT2D eigenvalue weighted by molar-refractivity contribution is 5.74. The largest absolute Gasteiger partial charge is 0.393 e. The molecule has 0 aromatic heterocycles. The first-order valence-corrected chi connectivity index (χ1v) is 9.53. The van der Waals surface area contributed by atoms with Gasteiger partial charge >= 0.3 is 6.03 Å². The van der Waals surface area contributed by atoms with Crippen LogP contribution in [0.5, 0.6) is 0 Å². The fraction of sp³-hybridized carbons (Fsp3) is 0.944. The van der Waals surface area contributed by atoms with Gasteiger partial charge in [0.2, 0.25) is 0 Å². The molecule has 2 atom stereocenters. The molecule has 2 aliphatic rings. The van der Waals surface area contributed by atoms with Crippen LogP contribution >= 0.6 is 0 Å². The highest BCUT2D eigenvalue weighted by Crippen LogP contribution is 2.20. The lowest BCUT2D eigenvalue weighted by Gasteiger charge is -2.33. The second-order valence-electron chi connectivity index (χ2n) is 7.38. The molecular formula is C18H35N3O2. The normalized spacial score (nSPS) is 25.3. The third-order valence-corrected chi connectivity index (χ3v) is 5.60. The van der Waals surface area contributed by atoms with Crippen LogP contribution < -0.4 is 5.32 Å². The standard InChI is InChI=1S/C18H35N3O2/c1-15-7-3-5-11-20(15)12-6-4-10-19-18(23)21-13-8-17(9-14-21)16(2)22/h15-17,22H,3-14H2,1-2H3,(H,19,23). The van der Waals surface area contributed by atoms with Gasteiger partial charge in [0.05, 0.1) is 6.10 Å². The van der Waals surface area contributed by atoms with Gasteiger partial charge in [-0.1, -0.05) is 6.42 Å². The van der Waals surface area contributed by atoms with Crippen LogP contribution in [0.3, 0.4) is 0 Å². The Labute approximate surface area is 141 Å². The van der Waals surface area contributed by atoms with E-state index < -0.39 is 0 Å². The summed E-state index contributed by atoms with van der Waals surface area (Å²) in [5, 5.41) is 12.7. The van der Waals surface area contributed by atoms with Crippen molar-refractivity contribution in [3.05, 3.63) is 0 Å². The van der Waals surface area contributed by atoms with Crippen molar-refractivity contribution in [3.63, 3.8) is 0 Å². The van der Waals surface area contributed by atoms with Crippen LogP contribution in [0.2, 0.25) is 0 Å². The van der Waals surface area contributed by atoms with Gasteiger partial charge in [0.1, 0.15) is 0 Å². The highest BCUT2D eigenvalue weighted by atomic mass is 16.3. The van der Waals surface area contributed by atoms with Gasteiger partial charge in [0.15, 0.2) is 0 Å². The lowest BCUT2D eigenvalue weighted by Crippen LogP contribution is -2.46. The number of amides is 2. The molecule has 2 saturated heterocycles. The molecule has 0 aromatic carbocycles. The van der Waals surface area contributed by atoms with E-state index in [-0.39, 0.29) is 12.1 Å². The van der Waals surface area contributed by atoms with Crippen molar-refractivity contribution in [2.75, 3.05) is 32.7 Å². The summed E-state index contributed by atoms with van der Waals surface area (Å²) >= 11 is 0. The monoisotopic (exact) mass is 325 g/mol. The van der Waals surface area contributed by atoms with Crippen molar-refractivity contribution in [1.29, 1.82) is 0 Å². The van der Waals surface area contributed by atoms with E-state index in [1.54, 1.807) is 0 Å². The van der Waals surface area contributed by atoms with E-state index in [0.717, 1.165) is 57.9 Å². The first-order valence-electron chi connectivity index (χ1n) is 9.53. The minimum Gasteiger partial charge on any atom is -0.393 e. The Morgan fingerprint density at radius 2 is 1.91 bits per heavy atom. The summed E-state index contributed by atoms with van der Waals surface area (Å²) in [6.45, 7) is 8.90. The number of nitrogens with zero attached hydrogens (tertiary/aromatic N) is 2. The van der Waals surface area contributed by atoms with E-state index in [1.165, 1.54) is 25.8 Å². The molecule has 2 heterocycles. The van der Waals surface area contributed by atoms with Crippen LogP contribution in [0, 0.1) is 5.92 Å². The summed E-state index contributed by atoms with van der Waals surface area (Å²) in [4.78, 5) is 16.6. The number of hydrogen-bond donors (Lipinski definition) is 2. The molecule has 0 saturated carbocycles. The Hall–Kier alpha value is -0.810. The fourth-order valence-electron chi connectivity index (χ4n) is 3.82. The summed E-state index contributed by atoms with van der Waals surface area (Å²) in [5.74, 6) is 0.352. The Kier molecular flexibility index (Phi) is 7.63. The molecular weight excluding hydrogens is 290 g/mol. The number of hydrogen-bond acceptors (Lipinski definition) is 3. The molecule has 0 aliphatic carbocycles. The number of likely N-dealkylation sites (tertiary alicyclic amines) is 2.